The van der Waals surface area contributed by atoms with Gasteiger partial charge in [0.1, 0.15) is 5.82 Å². The first-order valence-electron chi connectivity index (χ1n) is 10.2. The van der Waals surface area contributed by atoms with Crippen LogP contribution in [0.15, 0.2) is 49.1 Å². The van der Waals surface area contributed by atoms with Gasteiger partial charge in [0.25, 0.3) is 0 Å². The van der Waals surface area contributed by atoms with Crippen LogP contribution < -0.4 is 16.4 Å². The van der Waals surface area contributed by atoms with Crippen molar-refractivity contribution in [2.24, 2.45) is 5.73 Å². The maximum absolute atomic E-state index is 13.8. The summed E-state index contributed by atoms with van der Waals surface area (Å²) in [7, 11) is 0. The number of nitrogens with two attached hydrogens (primary N) is 1. The van der Waals surface area contributed by atoms with Crippen LogP contribution in [-0.4, -0.2) is 41.6 Å². The number of anilines is 3. The van der Waals surface area contributed by atoms with Gasteiger partial charge in [0, 0.05) is 36.2 Å². The van der Waals surface area contributed by atoms with Gasteiger partial charge in [0.05, 0.1) is 11.9 Å². The summed E-state index contributed by atoms with van der Waals surface area (Å²) < 4.78 is 15.5. The number of fused-ring (bicyclic) bond motifs is 1. The third-order valence-electron chi connectivity index (χ3n) is 5.42. The van der Waals surface area contributed by atoms with E-state index >= 15 is 0 Å². The van der Waals surface area contributed by atoms with Crippen molar-refractivity contribution >= 4 is 23.2 Å². The number of hydrogen-bond acceptors (Lipinski definition) is 8. The van der Waals surface area contributed by atoms with Gasteiger partial charge in [-0.2, -0.15) is 0 Å². The van der Waals surface area contributed by atoms with E-state index in [1.807, 2.05) is 12.1 Å². The largest absolute Gasteiger partial charge is 0.366 e. The van der Waals surface area contributed by atoms with E-state index in [2.05, 4.69) is 30.6 Å². The molecule has 1 aliphatic carbocycles. The molecule has 0 spiro atoms. The Morgan fingerprint density at radius 1 is 0.968 bits per heavy atom. The monoisotopic (exact) mass is 419 g/mol. The standard InChI is InChI=1S/C21H22FN9/c22-16-2-1-9-24-20(16)29-21-26-10-13(11-27-21)17-12-25-19-8-7-18(30-31(17)19)28-15-5-3-14(23)4-6-15/h1-2,7-12,14-15H,3-6,23H2,(H,28,30)(H,24,26,27,29)/t14-,15-. The molecule has 4 aromatic rings. The molecular weight excluding hydrogens is 397 g/mol. The second kappa shape index (κ2) is 8.23. The van der Waals surface area contributed by atoms with Crippen LogP contribution in [-0.2, 0) is 0 Å². The summed E-state index contributed by atoms with van der Waals surface area (Å²) in [5.74, 6) is 0.644. The number of halogens is 1. The molecule has 4 aromatic heterocycles. The van der Waals surface area contributed by atoms with Crippen molar-refractivity contribution in [3.8, 4) is 11.3 Å². The zero-order chi connectivity index (χ0) is 21.2. The third-order valence-corrected chi connectivity index (χ3v) is 5.42. The quantitative estimate of drug-likeness (QED) is 0.451. The Morgan fingerprint density at radius 3 is 2.55 bits per heavy atom. The molecule has 9 nitrogen and oxygen atoms in total. The van der Waals surface area contributed by atoms with Crippen molar-refractivity contribution in [3.63, 3.8) is 0 Å². The van der Waals surface area contributed by atoms with E-state index in [0.29, 0.717) is 12.1 Å². The summed E-state index contributed by atoms with van der Waals surface area (Å²) in [5.41, 5.74) is 8.24. The Labute approximate surface area is 178 Å². The molecular formula is C21H22FN9. The molecule has 0 bridgehead atoms. The van der Waals surface area contributed by atoms with Gasteiger partial charge >= 0.3 is 0 Å². The van der Waals surface area contributed by atoms with Gasteiger partial charge in [-0.3, -0.25) is 0 Å². The minimum Gasteiger partial charge on any atom is -0.366 e. The minimum atomic E-state index is -0.471. The fourth-order valence-electron chi connectivity index (χ4n) is 3.73. The highest BCUT2D eigenvalue weighted by atomic mass is 19.1. The number of imidazole rings is 1. The topological polar surface area (TPSA) is 119 Å². The molecule has 0 amide bonds. The van der Waals surface area contributed by atoms with Crippen LogP contribution in [0.25, 0.3) is 16.9 Å². The molecule has 5 rings (SSSR count). The molecule has 31 heavy (non-hydrogen) atoms. The van der Waals surface area contributed by atoms with Crippen LogP contribution in [0, 0.1) is 5.82 Å². The highest BCUT2D eigenvalue weighted by molar-refractivity contribution is 5.63. The first-order chi connectivity index (χ1) is 15.2. The highest BCUT2D eigenvalue weighted by Gasteiger charge is 2.19. The third kappa shape index (κ3) is 4.15. The molecule has 4 N–H and O–H groups in total. The van der Waals surface area contributed by atoms with Crippen molar-refractivity contribution in [2.45, 2.75) is 37.8 Å². The van der Waals surface area contributed by atoms with Gasteiger partial charge in [-0.25, -0.2) is 28.8 Å². The first kappa shape index (κ1) is 19.3. The molecule has 0 unspecified atom stereocenters. The molecule has 0 atom stereocenters. The Kier molecular flexibility index (Phi) is 5.13. The van der Waals surface area contributed by atoms with Crippen molar-refractivity contribution in [2.75, 3.05) is 10.6 Å². The van der Waals surface area contributed by atoms with Crippen molar-refractivity contribution in [1.82, 2.24) is 29.5 Å². The average Bonchev–Trinajstić information content (AvgIpc) is 3.21. The summed E-state index contributed by atoms with van der Waals surface area (Å²) in [6, 6.07) is 7.38. The Balaban J connectivity index is 1.36. The zero-order valence-electron chi connectivity index (χ0n) is 16.7. The Morgan fingerprint density at radius 2 is 1.77 bits per heavy atom. The van der Waals surface area contributed by atoms with Gasteiger partial charge < -0.3 is 16.4 Å². The van der Waals surface area contributed by atoms with E-state index in [1.54, 1.807) is 23.1 Å². The Hall–Kier alpha value is -3.66. The second-order valence-electron chi connectivity index (χ2n) is 7.64. The molecule has 0 saturated heterocycles. The van der Waals surface area contributed by atoms with Crippen LogP contribution in [0.2, 0.25) is 0 Å². The van der Waals surface area contributed by atoms with Gasteiger partial charge in [-0.1, -0.05) is 0 Å². The maximum Gasteiger partial charge on any atom is 0.228 e. The fourth-order valence-corrected chi connectivity index (χ4v) is 3.73. The maximum atomic E-state index is 13.8. The van der Waals surface area contributed by atoms with Crippen LogP contribution in [0.4, 0.5) is 22.0 Å². The lowest BCUT2D eigenvalue weighted by Gasteiger charge is -2.27. The van der Waals surface area contributed by atoms with E-state index in [4.69, 9.17) is 10.8 Å². The lowest BCUT2D eigenvalue weighted by Crippen LogP contribution is -2.33. The summed E-state index contributed by atoms with van der Waals surface area (Å²) >= 11 is 0. The van der Waals surface area contributed by atoms with Crippen LogP contribution in [0.1, 0.15) is 25.7 Å². The zero-order valence-corrected chi connectivity index (χ0v) is 16.7. The summed E-state index contributed by atoms with van der Waals surface area (Å²) in [6.07, 6.45) is 10.6. The predicted octanol–water partition coefficient (Wildman–Crippen LogP) is 3.15. The summed E-state index contributed by atoms with van der Waals surface area (Å²) in [5, 5.41) is 11.0. The number of nitrogens with zero attached hydrogens (tertiary/aromatic N) is 6. The lowest BCUT2D eigenvalue weighted by atomic mass is 9.92. The van der Waals surface area contributed by atoms with Crippen LogP contribution >= 0.6 is 0 Å². The number of nitrogens with one attached hydrogen (secondary N) is 2. The summed E-state index contributed by atoms with van der Waals surface area (Å²) in [4.78, 5) is 16.9. The van der Waals surface area contributed by atoms with Crippen LogP contribution in [0.5, 0.6) is 0 Å². The SMILES string of the molecule is N[C@H]1CC[C@H](Nc2ccc3ncc(-c4cnc(Nc5ncccc5F)nc4)n3n2)CC1. The van der Waals surface area contributed by atoms with Gasteiger partial charge in [-0.15, -0.1) is 5.10 Å². The first-order valence-corrected chi connectivity index (χ1v) is 10.2. The molecule has 0 aliphatic heterocycles. The van der Waals surface area contributed by atoms with E-state index in [-0.39, 0.29) is 11.8 Å². The molecule has 1 aliphatic rings. The molecule has 4 heterocycles. The van der Waals surface area contributed by atoms with Crippen molar-refractivity contribution in [3.05, 3.63) is 54.9 Å². The van der Waals surface area contributed by atoms with Crippen molar-refractivity contribution in [1.29, 1.82) is 0 Å². The lowest BCUT2D eigenvalue weighted by molar-refractivity contribution is 0.410. The number of pyridine rings is 1. The van der Waals surface area contributed by atoms with E-state index < -0.39 is 5.82 Å². The second-order valence-corrected chi connectivity index (χ2v) is 7.64. The average molecular weight is 419 g/mol. The number of aromatic nitrogens is 6. The van der Waals surface area contributed by atoms with E-state index in [1.165, 1.54) is 18.3 Å². The Bertz CT molecular complexity index is 1180. The fraction of sp³-hybridized carbons (Fsp3) is 0.286. The van der Waals surface area contributed by atoms with E-state index in [9.17, 15) is 4.39 Å². The van der Waals surface area contributed by atoms with E-state index in [0.717, 1.165) is 48.4 Å². The van der Waals surface area contributed by atoms with Gasteiger partial charge in [0.2, 0.25) is 5.95 Å². The smallest absolute Gasteiger partial charge is 0.228 e. The molecule has 158 valence electrons. The molecule has 1 fully saturated rings. The predicted molar refractivity (Wildman–Crippen MR) is 115 cm³/mol. The number of hydrogen-bond donors (Lipinski definition) is 3. The minimum absolute atomic E-state index is 0.0751. The molecule has 10 heteroatoms. The molecule has 1 saturated carbocycles. The summed E-state index contributed by atoms with van der Waals surface area (Å²) in [6.45, 7) is 0. The van der Waals surface area contributed by atoms with Gasteiger partial charge in [-0.05, 0) is 49.9 Å². The molecule has 0 aromatic carbocycles. The highest BCUT2D eigenvalue weighted by Crippen LogP contribution is 2.23. The van der Waals surface area contributed by atoms with Crippen molar-refractivity contribution < 1.29 is 4.39 Å². The molecule has 0 radical (unpaired) electrons. The van der Waals surface area contributed by atoms with Gasteiger partial charge in [0.15, 0.2) is 17.3 Å². The normalized spacial score (nSPS) is 18.8. The van der Waals surface area contributed by atoms with Crippen LogP contribution in [0.3, 0.4) is 0 Å². The number of rotatable bonds is 5.